The number of hydrogen-bond acceptors (Lipinski definition) is 12. The smallest absolute Gasteiger partial charge is 0.326 e. The third-order valence-electron chi connectivity index (χ3n) is 8.20. The first-order valence-electron chi connectivity index (χ1n) is 17.0. The molecule has 0 aromatic heterocycles. The van der Waals surface area contributed by atoms with E-state index in [9.17, 15) is 58.8 Å². The molecule has 0 aliphatic rings. The van der Waals surface area contributed by atoms with Gasteiger partial charge in [-0.3, -0.25) is 33.6 Å². The number of carbonyl (C=O) groups excluding carboxylic acids is 6. The minimum Gasteiger partial charge on any atom is -0.508 e. The molecule has 15 N–H and O–H groups in total. The Morgan fingerprint density at radius 3 is 1.75 bits per heavy atom. The van der Waals surface area contributed by atoms with E-state index < -0.39 is 108 Å². The second-order valence-corrected chi connectivity index (χ2v) is 12.7. The number of aliphatic carboxylic acids is 2. The van der Waals surface area contributed by atoms with Crippen molar-refractivity contribution in [1.82, 2.24) is 26.6 Å². The van der Waals surface area contributed by atoms with E-state index in [1.165, 1.54) is 24.3 Å². The van der Waals surface area contributed by atoms with Gasteiger partial charge < -0.3 is 64.2 Å². The first-order chi connectivity index (χ1) is 24.8. The highest BCUT2D eigenvalue weighted by Gasteiger charge is 2.36. The van der Waals surface area contributed by atoms with E-state index in [4.69, 9.17) is 17.2 Å². The molecular formula is C33H52N8O12. The van der Waals surface area contributed by atoms with Crippen molar-refractivity contribution in [3.05, 3.63) is 29.8 Å². The number of aliphatic hydroxyl groups excluding tert-OH is 1. The summed E-state index contributed by atoms with van der Waals surface area (Å²) in [7, 11) is 0. The molecule has 20 heteroatoms. The number of phenols is 1. The van der Waals surface area contributed by atoms with Crippen LogP contribution in [0.2, 0.25) is 0 Å². The average molecular weight is 753 g/mol. The summed E-state index contributed by atoms with van der Waals surface area (Å²) in [6.07, 6.45) is -2.29. The number of amides is 6. The van der Waals surface area contributed by atoms with Crippen molar-refractivity contribution in [3.63, 3.8) is 0 Å². The van der Waals surface area contributed by atoms with Crippen molar-refractivity contribution in [3.8, 4) is 5.75 Å². The molecule has 0 fully saturated rings. The Balaban J connectivity index is 3.25. The molecule has 0 saturated heterocycles. The van der Waals surface area contributed by atoms with Crippen LogP contribution in [0.5, 0.6) is 5.75 Å². The van der Waals surface area contributed by atoms with Crippen molar-refractivity contribution in [2.75, 3.05) is 6.54 Å². The van der Waals surface area contributed by atoms with E-state index in [1.807, 2.05) is 0 Å². The van der Waals surface area contributed by atoms with Crippen LogP contribution >= 0.6 is 0 Å². The lowest BCUT2D eigenvalue weighted by atomic mass is 9.96. The van der Waals surface area contributed by atoms with E-state index >= 15 is 0 Å². The molecule has 0 aliphatic carbocycles. The molecule has 0 aliphatic heterocycles. The van der Waals surface area contributed by atoms with Gasteiger partial charge in [0.15, 0.2) is 0 Å². The summed E-state index contributed by atoms with van der Waals surface area (Å²) in [5.41, 5.74) is 16.8. The van der Waals surface area contributed by atoms with Gasteiger partial charge in [-0.25, -0.2) is 4.79 Å². The van der Waals surface area contributed by atoms with E-state index in [0.717, 1.165) is 6.92 Å². The number of nitrogens with one attached hydrogen (secondary N) is 5. The molecule has 1 rings (SSSR count). The molecule has 0 saturated carbocycles. The van der Waals surface area contributed by atoms with Crippen LogP contribution in [0.15, 0.2) is 24.3 Å². The first kappa shape index (κ1) is 45.7. The van der Waals surface area contributed by atoms with E-state index in [1.54, 1.807) is 13.8 Å². The Labute approximate surface area is 306 Å². The molecule has 0 spiro atoms. The average Bonchev–Trinajstić information content (AvgIpc) is 3.07. The number of rotatable bonds is 24. The van der Waals surface area contributed by atoms with Gasteiger partial charge >= 0.3 is 11.9 Å². The van der Waals surface area contributed by atoms with Gasteiger partial charge in [-0.15, -0.1) is 0 Å². The fraction of sp³-hybridized carbons (Fsp3) is 0.576. The highest BCUT2D eigenvalue weighted by Crippen LogP contribution is 2.13. The Hall–Kier alpha value is -5.34. The predicted molar refractivity (Wildman–Crippen MR) is 187 cm³/mol. The molecule has 296 valence electrons. The third-order valence-corrected chi connectivity index (χ3v) is 8.20. The van der Waals surface area contributed by atoms with Crippen LogP contribution < -0.4 is 43.8 Å². The standard InChI is InChI=1S/C33H52N8O12/c1-4-16(2)26(40-28(47)20(35)14-24(36)44)31(50)37-21(7-5-6-12-34)29(48)38-22(15-25(45)46)30(49)41-27(17(3)42)32(51)39-23(33(52)53)13-18-8-10-19(43)11-9-18/h8-11,16-17,20-23,26-27,42-43H,4-7,12-15,34-35H2,1-3H3,(H2,36,44)(H,37,50)(H,38,48)(H,39,51)(H,40,47)(H,41,49)(H,45,46)(H,52,53)/t16-,17+,20-,21-,22-,23-,26-,27-/m0/s1. The molecule has 1 aromatic carbocycles. The Morgan fingerprint density at radius 1 is 0.717 bits per heavy atom. The number of phenolic OH excluding ortho intramolecular Hbond substituents is 1. The molecule has 0 heterocycles. The molecule has 8 atom stereocenters. The van der Waals surface area contributed by atoms with Gasteiger partial charge in [-0.2, -0.15) is 0 Å². The summed E-state index contributed by atoms with van der Waals surface area (Å²) in [6.45, 7) is 4.72. The molecule has 1 aromatic rings. The van der Waals surface area contributed by atoms with Crippen molar-refractivity contribution in [2.24, 2.45) is 23.1 Å². The van der Waals surface area contributed by atoms with Gasteiger partial charge in [-0.1, -0.05) is 32.4 Å². The van der Waals surface area contributed by atoms with E-state index in [-0.39, 0.29) is 25.1 Å². The zero-order chi connectivity index (χ0) is 40.4. The predicted octanol–water partition coefficient (Wildman–Crippen LogP) is -3.32. The number of aromatic hydroxyl groups is 1. The van der Waals surface area contributed by atoms with E-state index in [2.05, 4.69) is 26.6 Å². The Kier molecular flexibility index (Phi) is 19.4. The summed E-state index contributed by atoms with van der Waals surface area (Å²) >= 11 is 0. The highest BCUT2D eigenvalue weighted by atomic mass is 16.4. The first-order valence-corrected chi connectivity index (χ1v) is 17.0. The zero-order valence-corrected chi connectivity index (χ0v) is 29.9. The largest absolute Gasteiger partial charge is 0.508 e. The number of carbonyl (C=O) groups is 8. The fourth-order valence-electron chi connectivity index (χ4n) is 4.94. The van der Waals surface area contributed by atoms with Crippen molar-refractivity contribution in [2.45, 2.75) is 108 Å². The minimum atomic E-state index is -1.85. The molecule has 0 bridgehead atoms. The number of carboxylic acids is 2. The van der Waals surface area contributed by atoms with Crippen LogP contribution in [-0.4, -0.2) is 117 Å². The zero-order valence-electron chi connectivity index (χ0n) is 29.9. The third kappa shape index (κ3) is 16.3. The van der Waals surface area contributed by atoms with Crippen molar-refractivity contribution in [1.29, 1.82) is 0 Å². The number of nitrogens with two attached hydrogens (primary N) is 3. The Bertz CT molecular complexity index is 1440. The topological polar surface area (TPSA) is 356 Å². The van der Waals surface area contributed by atoms with Crippen molar-refractivity contribution >= 4 is 47.4 Å². The molecule has 53 heavy (non-hydrogen) atoms. The lowest BCUT2D eigenvalue weighted by molar-refractivity contribution is -0.144. The van der Waals surface area contributed by atoms with Crippen LogP contribution in [0.1, 0.15) is 64.9 Å². The van der Waals surface area contributed by atoms with Crippen molar-refractivity contribution < 1.29 is 58.8 Å². The monoisotopic (exact) mass is 752 g/mol. The van der Waals surface area contributed by atoms with Gasteiger partial charge in [0.05, 0.1) is 25.0 Å². The maximum absolute atomic E-state index is 13.6. The summed E-state index contributed by atoms with van der Waals surface area (Å²) in [6, 6.07) is -3.69. The maximum atomic E-state index is 13.6. The van der Waals surface area contributed by atoms with Crippen LogP contribution in [0.25, 0.3) is 0 Å². The number of primary amides is 1. The van der Waals surface area contributed by atoms with Gasteiger partial charge in [0.2, 0.25) is 35.4 Å². The molecule has 20 nitrogen and oxygen atoms in total. The summed E-state index contributed by atoms with van der Waals surface area (Å²) in [4.78, 5) is 101. The van der Waals surface area contributed by atoms with Crippen LogP contribution in [0.3, 0.4) is 0 Å². The molecule has 0 radical (unpaired) electrons. The second-order valence-electron chi connectivity index (χ2n) is 12.7. The van der Waals surface area contributed by atoms with Gasteiger partial charge in [-0.05, 0) is 56.3 Å². The van der Waals surface area contributed by atoms with Crippen LogP contribution in [0, 0.1) is 5.92 Å². The van der Waals surface area contributed by atoms with E-state index in [0.29, 0.717) is 24.8 Å². The summed E-state index contributed by atoms with van der Waals surface area (Å²) < 4.78 is 0. The van der Waals surface area contributed by atoms with Crippen LogP contribution in [0.4, 0.5) is 0 Å². The number of benzene rings is 1. The summed E-state index contributed by atoms with van der Waals surface area (Å²) in [5.74, 6) is -9.45. The molecule has 0 unspecified atom stereocenters. The SMILES string of the molecule is CC[C@H](C)[C@H](NC(=O)[C@@H](N)CC(N)=O)C(=O)N[C@@H](CCCCN)C(=O)N[C@@H](CC(=O)O)C(=O)N[C@H](C(=O)N[C@@H](Cc1ccc(O)cc1)C(=O)O)[C@@H](C)O. The molecular weight excluding hydrogens is 700 g/mol. The quantitative estimate of drug-likeness (QED) is 0.0460. The number of carboxylic acid groups (broad SMARTS) is 2. The fourth-order valence-corrected chi connectivity index (χ4v) is 4.94. The minimum absolute atomic E-state index is 0.0329. The Morgan fingerprint density at radius 2 is 1.25 bits per heavy atom. The summed E-state index contributed by atoms with van der Waals surface area (Å²) in [5, 5.41) is 50.7. The number of aliphatic hydroxyl groups is 1. The maximum Gasteiger partial charge on any atom is 0.326 e. The van der Waals surface area contributed by atoms with Gasteiger partial charge in [0.25, 0.3) is 0 Å². The lowest BCUT2D eigenvalue weighted by Crippen LogP contribution is -2.61. The number of hydrogen-bond donors (Lipinski definition) is 12. The van der Waals surface area contributed by atoms with Crippen LogP contribution in [-0.2, 0) is 44.8 Å². The highest BCUT2D eigenvalue weighted by molar-refractivity contribution is 5.98. The van der Waals surface area contributed by atoms with Gasteiger partial charge in [0.1, 0.15) is 36.0 Å². The molecule has 6 amide bonds. The second kappa shape index (κ2) is 22.6. The normalized spacial score (nSPS) is 15.5. The number of unbranched alkanes of at least 4 members (excludes halogenated alkanes) is 1. The van der Waals surface area contributed by atoms with Gasteiger partial charge in [0, 0.05) is 6.42 Å². The lowest BCUT2D eigenvalue weighted by Gasteiger charge is -2.29.